The summed E-state index contributed by atoms with van der Waals surface area (Å²) in [5, 5.41) is 10.7. The van der Waals surface area contributed by atoms with Gasteiger partial charge in [-0.3, -0.25) is 9.59 Å². The van der Waals surface area contributed by atoms with Gasteiger partial charge >= 0.3 is 5.97 Å². The summed E-state index contributed by atoms with van der Waals surface area (Å²) >= 11 is 0. The van der Waals surface area contributed by atoms with Gasteiger partial charge in [-0.2, -0.15) is 0 Å². The van der Waals surface area contributed by atoms with E-state index in [1.54, 1.807) is 0 Å². The fourth-order valence-electron chi connectivity index (χ4n) is 4.86. The van der Waals surface area contributed by atoms with E-state index in [9.17, 15) is 14.7 Å². The number of esters is 1. The van der Waals surface area contributed by atoms with Gasteiger partial charge < -0.3 is 14.7 Å². The zero-order chi connectivity index (χ0) is 23.9. The Morgan fingerprint density at radius 1 is 1.06 bits per heavy atom. The van der Waals surface area contributed by atoms with Gasteiger partial charge in [-0.1, -0.05) is 62.9 Å². The molecule has 1 saturated heterocycles. The molecule has 5 heteroatoms. The van der Waals surface area contributed by atoms with Crippen molar-refractivity contribution < 1.29 is 19.4 Å². The summed E-state index contributed by atoms with van der Waals surface area (Å²) < 4.78 is 4.67. The first-order valence-corrected chi connectivity index (χ1v) is 13.1. The van der Waals surface area contributed by atoms with Crippen molar-refractivity contribution in [3.8, 4) is 0 Å². The zero-order valence-corrected chi connectivity index (χ0v) is 20.8. The molecule has 1 heterocycles. The number of amides is 1. The second-order valence-corrected chi connectivity index (χ2v) is 9.73. The Bertz CT molecular complexity index is 678. The number of methoxy groups -OCH3 is 1. The van der Waals surface area contributed by atoms with Crippen LogP contribution in [0.25, 0.3) is 0 Å². The molecule has 0 aliphatic carbocycles. The molecule has 0 radical (unpaired) electrons. The van der Waals surface area contributed by atoms with Gasteiger partial charge in [-0.05, 0) is 62.8 Å². The first-order valence-electron chi connectivity index (χ1n) is 13.1. The van der Waals surface area contributed by atoms with Gasteiger partial charge in [0.15, 0.2) is 0 Å². The van der Waals surface area contributed by atoms with Gasteiger partial charge in [0.2, 0.25) is 5.91 Å². The van der Waals surface area contributed by atoms with Crippen LogP contribution in [0.3, 0.4) is 0 Å². The van der Waals surface area contributed by atoms with Crippen LogP contribution in [0.15, 0.2) is 30.3 Å². The molecular weight excluding hydrogens is 414 g/mol. The topological polar surface area (TPSA) is 66.8 Å². The fourth-order valence-corrected chi connectivity index (χ4v) is 4.86. The first kappa shape index (κ1) is 27.4. The SMILES string of the molecule is COC(=O)CCCCCCN1C(=O)CCC1CC[C@@H](O)[C@H](C)CCCCCc1ccccc1. The van der Waals surface area contributed by atoms with Crippen molar-refractivity contribution >= 4 is 11.9 Å². The number of unbranched alkanes of at least 4 members (excludes halogenated alkanes) is 5. The lowest BCUT2D eigenvalue weighted by atomic mass is 9.92. The molecule has 1 amide bonds. The Morgan fingerprint density at radius 3 is 2.55 bits per heavy atom. The molecule has 0 saturated carbocycles. The van der Waals surface area contributed by atoms with E-state index in [4.69, 9.17) is 0 Å². The van der Waals surface area contributed by atoms with E-state index < -0.39 is 0 Å². The van der Waals surface area contributed by atoms with E-state index in [0.717, 1.165) is 70.8 Å². The first-order chi connectivity index (χ1) is 16.0. The lowest BCUT2D eigenvalue weighted by Gasteiger charge is -2.27. The normalized spacial score (nSPS) is 17.8. The highest BCUT2D eigenvalue weighted by Gasteiger charge is 2.30. The molecule has 0 spiro atoms. The number of aryl methyl sites for hydroxylation is 1. The summed E-state index contributed by atoms with van der Waals surface area (Å²) in [5.41, 5.74) is 1.41. The van der Waals surface area contributed by atoms with Crippen LogP contribution in [0.1, 0.15) is 96.0 Å². The standard InChI is InChI=1S/C28H45NO4/c1-23(13-7-5-8-14-24-15-9-6-10-16-24)26(30)20-18-25-19-21-27(31)29(25)22-12-4-3-11-17-28(32)33-2/h6,9-10,15-16,23,25-26,30H,3-5,7-8,11-14,17-22H2,1-2H3/t23-,25?,26-/m1/s1. The zero-order valence-electron chi connectivity index (χ0n) is 20.8. The molecule has 0 bridgehead atoms. The summed E-state index contributed by atoms with van der Waals surface area (Å²) in [6.45, 7) is 2.96. The van der Waals surface area contributed by atoms with E-state index in [-0.39, 0.29) is 24.0 Å². The van der Waals surface area contributed by atoms with Gasteiger partial charge in [-0.25, -0.2) is 0 Å². The van der Waals surface area contributed by atoms with Crippen molar-refractivity contribution in [1.29, 1.82) is 0 Å². The third kappa shape index (κ3) is 10.7. The molecule has 1 N–H and O–H groups in total. The molecule has 1 aromatic rings. The molecule has 1 aliphatic heterocycles. The molecule has 2 rings (SSSR count). The molecule has 1 aromatic carbocycles. The van der Waals surface area contributed by atoms with Gasteiger partial charge in [-0.15, -0.1) is 0 Å². The quantitative estimate of drug-likeness (QED) is 0.240. The van der Waals surface area contributed by atoms with E-state index in [1.807, 2.05) is 4.90 Å². The maximum Gasteiger partial charge on any atom is 0.305 e. The highest BCUT2D eigenvalue weighted by molar-refractivity contribution is 5.78. The highest BCUT2D eigenvalue weighted by atomic mass is 16.5. The van der Waals surface area contributed by atoms with Crippen molar-refractivity contribution in [3.05, 3.63) is 35.9 Å². The predicted molar refractivity (Wildman–Crippen MR) is 133 cm³/mol. The lowest BCUT2D eigenvalue weighted by molar-refractivity contribution is -0.140. The van der Waals surface area contributed by atoms with Crippen molar-refractivity contribution in [2.75, 3.05) is 13.7 Å². The van der Waals surface area contributed by atoms with Crippen LogP contribution in [-0.2, 0) is 20.7 Å². The average Bonchev–Trinajstić information content (AvgIpc) is 3.18. The Labute approximate surface area is 200 Å². The average molecular weight is 460 g/mol. The number of carbonyl (C=O) groups excluding carboxylic acids is 2. The minimum Gasteiger partial charge on any atom is -0.469 e. The second-order valence-electron chi connectivity index (χ2n) is 9.73. The van der Waals surface area contributed by atoms with Crippen molar-refractivity contribution in [3.63, 3.8) is 0 Å². The summed E-state index contributed by atoms with van der Waals surface area (Å²) in [6.07, 6.45) is 13.0. The predicted octanol–water partition coefficient (Wildman–Crippen LogP) is 5.68. The second kappa shape index (κ2) is 15.9. The van der Waals surface area contributed by atoms with Crippen LogP contribution in [0, 0.1) is 5.92 Å². The number of nitrogens with zero attached hydrogens (tertiary/aromatic N) is 1. The Balaban J connectivity index is 1.57. The van der Waals surface area contributed by atoms with Crippen LogP contribution in [0.2, 0.25) is 0 Å². The molecule has 1 fully saturated rings. The smallest absolute Gasteiger partial charge is 0.305 e. The third-order valence-corrected chi connectivity index (χ3v) is 7.13. The van der Waals surface area contributed by atoms with Crippen LogP contribution < -0.4 is 0 Å². The Hall–Kier alpha value is -1.88. The molecule has 1 unspecified atom stereocenters. The van der Waals surface area contributed by atoms with Gasteiger partial charge in [0.1, 0.15) is 0 Å². The number of hydrogen-bond acceptors (Lipinski definition) is 4. The van der Waals surface area contributed by atoms with Crippen LogP contribution in [0.4, 0.5) is 0 Å². The molecule has 1 aliphatic rings. The molecular formula is C28H45NO4. The van der Waals surface area contributed by atoms with Gasteiger partial charge in [0.25, 0.3) is 0 Å². The minimum atomic E-state index is -0.282. The Kier molecular flexibility index (Phi) is 13.2. The highest BCUT2D eigenvalue weighted by Crippen LogP contribution is 2.26. The van der Waals surface area contributed by atoms with Crippen molar-refractivity contribution in [2.45, 2.75) is 109 Å². The van der Waals surface area contributed by atoms with Gasteiger partial charge in [0, 0.05) is 25.4 Å². The summed E-state index contributed by atoms with van der Waals surface area (Å²) in [4.78, 5) is 25.5. The summed E-state index contributed by atoms with van der Waals surface area (Å²) in [5.74, 6) is 0.419. The third-order valence-electron chi connectivity index (χ3n) is 7.13. The summed E-state index contributed by atoms with van der Waals surface area (Å²) in [7, 11) is 1.42. The molecule has 3 atom stereocenters. The van der Waals surface area contributed by atoms with E-state index >= 15 is 0 Å². The van der Waals surface area contributed by atoms with Crippen molar-refractivity contribution in [2.24, 2.45) is 5.92 Å². The van der Waals surface area contributed by atoms with E-state index in [2.05, 4.69) is 42.0 Å². The van der Waals surface area contributed by atoms with Crippen LogP contribution in [-0.4, -0.2) is 47.7 Å². The molecule has 186 valence electrons. The lowest BCUT2D eigenvalue weighted by Crippen LogP contribution is -2.35. The van der Waals surface area contributed by atoms with E-state index in [1.165, 1.54) is 25.5 Å². The maximum absolute atomic E-state index is 12.3. The largest absolute Gasteiger partial charge is 0.469 e. The number of benzene rings is 1. The number of likely N-dealkylation sites (tertiary alicyclic amines) is 1. The maximum atomic E-state index is 12.3. The molecule has 5 nitrogen and oxygen atoms in total. The van der Waals surface area contributed by atoms with Gasteiger partial charge in [0.05, 0.1) is 13.2 Å². The number of aliphatic hydroxyl groups is 1. The molecule has 0 aromatic heterocycles. The number of carbonyl (C=O) groups is 2. The number of ether oxygens (including phenoxy) is 1. The number of hydrogen-bond donors (Lipinski definition) is 1. The van der Waals surface area contributed by atoms with Crippen molar-refractivity contribution in [1.82, 2.24) is 4.90 Å². The monoisotopic (exact) mass is 459 g/mol. The minimum absolute atomic E-state index is 0.148. The molecule has 33 heavy (non-hydrogen) atoms. The van der Waals surface area contributed by atoms with E-state index in [0.29, 0.717) is 18.8 Å². The van der Waals surface area contributed by atoms with Crippen LogP contribution >= 0.6 is 0 Å². The summed E-state index contributed by atoms with van der Waals surface area (Å²) in [6, 6.07) is 10.9. The number of rotatable bonds is 17. The van der Waals surface area contributed by atoms with Crippen LogP contribution in [0.5, 0.6) is 0 Å². The fraction of sp³-hybridized carbons (Fsp3) is 0.714. The Morgan fingerprint density at radius 2 is 1.79 bits per heavy atom. The number of aliphatic hydroxyl groups excluding tert-OH is 1.